The zero-order chi connectivity index (χ0) is 37.6. The van der Waals surface area contributed by atoms with Crippen LogP contribution in [-0.2, 0) is 28.3 Å². The normalized spacial score (nSPS) is 22.2. The number of phenols is 2. The van der Waals surface area contributed by atoms with Crippen LogP contribution < -0.4 is 15.4 Å². The molecule has 2 aliphatic heterocycles. The molecule has 2 heterocycles. The van der Waals surface area contributed by atoms with Crippen molar-refractivity contribution in [3.63, 3.8) is 0 Å². The van der Waals surface area contributed by atoms with Gasteiger partial charge in [-0.2, -0.15) is 0 Å². The van der Waals surface area contributed by atoms with E-state index in [1.165, 1.54) is 7.11 Å². The van der Waals surface area contributed by atoms with Crippen molar-refractivity contribution in [2.24, 2.45) is 5.92 Å². The fourth-order valence-electron chi connectivity index (χ4n) is 7.62. The topological polar surface area (TPSA) is 161 Å². The van der Waals surface area contributed by atoms with Crippen LogP contribution in [0.3, 0.4) is 0 Å². The van der Waals surface area contributed by atoms with E-state index in [9.17, 15) is 30.3 Å². The highest BCUT2D eigenvalue weighted by Crippen LogP contribution is 2.48. The molecule has 284 valence electrons. The number of anilines is 1. The number of hydrogen-bond acceptors (Lipinski definition) is 12. The summed E-state index contributed by atoms with van der Waals surface area (Å²) in [5, 5.41) is 61.1. The van der Waals surface area contributed by atoms with Gasteiger partial charge in [0.2, 0.25) is 0 Å². The van der Waals surface area contributed by atoms with Crippen LogP contribution in [0.15, 0.2) is 60.7 Å². The van der Waals surface area contributed by atoms with Gasteiger partial charge in [0.1, 0.15) is 17.8 Å². The minimum atomic E-state index is -0.595. The summed E-state index contributed by atoms with van der Waals surface area (Å²) in [6.07, 6.45) is 0.659. The van der Waals surface area contributed by atoms with Gasteiger partial charge in [0.25, 0.3) is 0 Å². The van der Waals surface area contributed by atoms with E-state index in [1.807, 2.05) is 42.5 Å². The number of carbonyl (C=O) groups excluding carboxylic acids is 1. The van der Waals surface area contributed by atoms with Crippen LogP contribution in [0.4, 0.5) is 5.69 Å². The Hall–Kier alpha value is -3.49. The number of Topliss-reactive ketones (excluding diaryl/α,β-unsaturated/α-hetero) is 1. The monoisotopic (exact) mass is 762 g/mol. The molecular weight excluding hydrogens is 713 g/mol. The number of carbonyl (C=O) groups is 1. The molecule has 0 amide bonds. The summed E-state index contributed by atoms with van der Waals surface area (Å²) >= 11 is 0. The Labute approximate surface area is 318 Å². The third-order valence-electron chi connectivity index (χ3n) is 10.4. The van der Waals surface area contributed by atoms with E-state index in [0.29, 0.717) is 42.0 Å². The Morgan fingerprint density at radius 2 is 1.83 bits per heavy atom. The number of aromatic hydroxyl groups is 2. The second-order valence-electron chi connectivity index (χ2n) is 14.1. The molecule has 1 saturated carbocycles. The van der Waals surface area contributed by atoms with Crippen molar-refractivity contribution in [2.45, 2.75) is 87.6 Å². The standard InChI is InChI=1S/C41H50N2O8S2/c1-23(45)20-43-34-13-7-27(16-28(34)21-44)41(42-2)51-37-19-30(47)11-5-25-8-14-35(48)40(50-3)39(25)31-12-6-24-4-10-29(46)18-32(24)33(31)22-52-53-38-15-9-26(37)17-36(38)49/h4,6-8,10,12-14,16,18,23,26,36-38,41-46,48-49H,5,9,11,15,17,19-22H2,1-3H3/t23-,26+,36-,37-,38-,41+/m0/s1. The number of aliphatic hydroxyl groups is 3. The van der Waals surface area contributed by atoms with Crippen molar-refractivity contribution in [1.82, 2.24) is 5.32 Å². The Balaban J connectivity index is 1.34. The first-order chi connectivity index (χ1) is 25.6. The predicted molar refractivity (Wildman–Crippen MR) is 212 cm³/mol. The Bertz CT molecular complexity index is 1910. The zero-order valence-electron chi connectivity index (χ0n) is 30.4. The van der Waals surface area contributed by atoms with Gasteiger partial charge >= 0.3 is 0 Å². The van der Waals surface area contributed by atoms with E-state index in [2.05, 4.69) is 10.6 Å². The van der Waals surface area contributed by atoms with Gasteiger partial charge in [-0.25, -0.2) is 0 Å². The lowest BCUT2D eigenvalue weighted by Gasteiger charge is -2.38. The predicted octanol–water partition coefficient (Wildman–Crippen LogP) is 6.83. The van der Waals surface area contributed by atoms with Crippen molar-refractivity contribution in [3.8, 4) is 28.4 Å². The third-order valence-corrected chi connectivity index (χ3v) is 13.2. The Kier molecular flexibility index (Phi) is 13.1. The second kappa shape index (κ2) is 17.8. The first-order valence-electron chi connectivity index (χ1n) is 18.2. The van der Waals surface area contributed by atoms with E-state index >= 15 is 0 Å². The number of benzene rings is 4. The lowest BCUT2D eigenvalue weighted by atomic mass is 9.81. The number of aryl methyl sites for hydroxylation is 1. The maximum absolute atomic E-state index is 14.0. The van der Waals surface area contributed by atoms with E-state index < -0.39 is 24.5 Å². The summed E-state index contributed by atoms with van der Waals surface area (Å²) < 4.78 is 12.6. The highest BCUT2D eigenvalue weighted by Gasteiger charge is 2.37. The van der Waals surface area contributed by atoms with Gasteiger partial charge in [0, 0.05) is 47.2 Å². The highest BCUT2D eigenvalue weighted by atomic mass is 33.1. The van der Waals surface area contributed by atoms with Gasteiger partial charge in [-0.15, -0.1) is 0 Å². The summed E-state index contributed by atoms with van der Waals surface area (Å²) in [5.74, 6) is 1.03. The number of phenolic OH excluding ortho intramolecular Hbond substituents is 2. The SMILES string of the molecule is CN[C@H](O[C@H]1CC(=O)CCc2ccc(O)c(OC)c2-c2ccc3ccc(O)cc3c2CSS[C@H]2CC[C@@H]1C[C@@H]2O)c1ccc(NC[C@H](C)O)c(CO)c1. The van der Waals surface area contributed by atoms with Crippen molar-refractivity contribution in [1.29, 1.82) is 0 Å². The highest BCUT2D eigenvalue weighted by molar-refractivity contribution is 8.76. The third kappa shape index (κ3) is 9.08. The largest absolute Gasteiger partial charge is 0.508 e. The van der Waals surface area contributed by atoms with Gasteiger partial charge in [-0.3, -0.25) is 10.1 Å². The molecule has 0 unspecified atom stereocenters. The van der Waals surface area contributed by atoms with Crippen molar-refractivity contribution < 1.29 is 39.8 Å². The molecule has 1 fully saturated rings. The quantitative estimate of drug-likeness (QED) is 0.0705. The molecule has 0 radical (unpaired) electrons. The van der Waals surface area contributed by atoms with Gasteiger partial charge in [0.05, 0.1) is 32.0 Å². The maximum atomic E-state index is 14.0. The average Bonchev–Trinajstić information content (AvgIpc) is 3.15. The van der Waals surface area contributed by atoms with Crippen LogP contribution in [0.1, 0.15) is 67.5 Å². The molecular formula is C41H50N2O8S2. The molecule has 7 rings (SSSR count). The molecule has 12 heteroatoms. The first-order valence-corrected chi connectivity index (χ1v) is 20.6. The number of hydrogen-bond donors (Lipinski definition) is 7. The average molecular weight is 763 g/mol. The fraction of sp³-hybridized carbons (Fsp3) is 0.439. The van der Waals surface area contributed by atoms with Crippen LogP contribution in [0.5, 0.6) is 17.2 Å². The minimum absolute atomic E-state index is 0.000840. The van der Waals surface area contributed by atoms with E-state index in [4.69, 9.17) is 9.47 Å². The molecule has 6 atom stereocenters. The van der Waals surface area contributed by atoms with Gasteiger partial charge in [-0.05, 0) is 109 Å². The van der Waals surface area contributed by atoms with Crippen LogP contribution in [-0.4, -0.2) is 75.6 Å². The van der Waals surface area contributed by atoms with Crippen LogP contribution in [0.25, 0.3) is 21.9 Å². The minimum Gasteiger partial charge on any atom is -0.508 e. The fourth-order valence-corrected chi connectivity index (χ4v) is 10.5. The summed E-state index contributed by atoms with van der Waals surface area (Å²) in [5.41, 5.74) is 5.59. The lowest BCUT2D eigenvalue weighted by molar-refractivity contribution is -0.128. The Morgan fingerprint density at radius 3 is 2.57 bits per heavy atom. The number of ether oxygens (including phenoxy) is 2. The molecule has 53 heavy (non-hydrogen) atoms. The molecule has 0 saturated heterocycles. The van der Waals surface area contributed by atoms with Gasteiger partial charge in [0.15, 0.2) is 11.5 Å². The maximum Gasteiger partial charge on any atom is 0.168 e. The van der Waals surface area contributed by atoms with E-state index in [0.717, 1.165) is 51.6 Å². The number of rotatable bonds is 9. The molecule has 0 aromatic heterocycles. The zero-order valence-corrected chi connectivity index (χ0v) is 32.0. The molecule has 4 aromatic carbocycles. The molecule has 10 nitrogen and oxygen atoms in total. The van der Waals surface area contributed by atoms with Crippen LogP contribution >= 0.6 is 21.6 Å². The second-order valence-corrected chi connectivity index (χ2v) is 16.7. The molecule has 2 bridgehead atoms. The van der Waals surface area contributed by atoms with Crippen LogP contribution in [0.2, 0.25) is 0 Å². The number of ketones is 1. The molecule has 1 aliphatic carbocycles. The molecule has 7 N–H and O–H groups in total. The summed E-state index contributed by atoms with van der Waals surface area (Å²) in [4.78, 5) is 14.0. The number of fused-ring (bicyclic) bond motifs is 9. The number of nitrogens with one attached hydrogen (secondary N) is 2. The van der Waals surface area contributed by atoms with Gasteiger partial charge in [-0.1, -0.05) is 51.9 Å². The van der Waals surface area contributed by atoms with Crippen LogP contribution in [0, 0.1) is 5.92 Å². The van der Waals surface area contributed by atoms with Crippen molar-refractivity contribution in [3.05, 3.63) is 82.9 Å². The number of aliphatic hydroxyl groups excluding tert-OH is 3. The molecule has 4 aromatic rings. The van der Waals surface area contributed by atoms with Gasteiger partial charge < -0.3 is 40.3 Å². The molecule has 3 aliphatic rings. The van der Waals surface area contributed by atoms with Crippen molar-refractivity contribution in [2.75, 3.05) is 26.0 Å². The van der Waals surface area contributed by atoms with E-state index in [-0.39, 0.29) is 47.9 Å². The lowest BCUT2D eigenvalue weighted by Crippen LogP contribution is -2.40. The molecule has 0 spiro atoms. The number of methoxy groups -OCH3 is 1. The smallest absolute Gasteiger partial charge is 0.168 e. The Morgan fingerprint density at radius 1 is 1.02 bits per heavy atom. The summed E-state index contributed by atoms with van der Waals surface area (Å²) in [7, 11) is 6.64. The van der Waals surface area contributed by atoms with Crippen molar-refractivity contribution >= 4 is 43.8 Å². The first kappa shape index (κ1) is 39.2. The summed E-state index contributed by atoms with van der Waals surface area (Å²) in [6, 6.07) is 18.4. The van der Waals surface area contributed by atoms with E-state index in [1.54, 1.807) is 53.8 Å². The summed E-state index contributed by atoms with van der Waals surface area (Å²) in [6.45, 7) is 1.83.